The van der Waals surface area contributed by atoms with E-state index in [1.54, 1.807) is 0 Å². The number of aryl methyl sites for hydroxylation is 1. The molecule has 0 saturated carbocycles. The van der Waals surface area contributed by atoms with Crippen LogP contribution in [0.25, 0.3) is 0 Å². The molecule has 0 aromatic heterocycles. The second-order valence-electron chi connectivity index (χ2n) is 4.43. The fourth-order valence-electron chi connectivity index (χ4n) is 1.68. The molecule has 15 heavy (non-hydrogen) atoms. The van der Waals surface area contributed by atoms with Gasteiger partial charge in [-0.15, -0.1) is 0 Å². The number of hydrogen-bond donors (Lipinski definition) is 0. The lowest BCUT2D eigenvalue weighted by molar-refractivity contribution is 0.112. The Kier molecular flexibility index (Phi) is 3.89. The van der Waals surface area contributed by atoms with Crippen molar-refractivity contribution in [3.8, 4) is 0 Å². The monoisotopic (exact) mass is 205 g/mol. The third-order valence-corrected chi connectivity index (χ3v) is 2.46. The minimum Gasteiger partial charge on any atom is -0.374 e. The highest BCUT2D eigenvalue weighted by molar-refractivity contribution is 5.78. The molecule has 0 aliphatic rings. The number of aldehydes is 1. The SMILES string of the molecule is Cc1cc(N(C)CC(C)C)ccc1C=O. The van der Waals surface area contributed by atoms with E-state index in [0.717, 1.165) is 24.0 Å². The summed E-state index contributed by atoms with van der Waals surface area (Å²) in [7, 11) is 2.08. The quantitative estimate of drug-likeness (QED) is 0.704. The average molecular weight is 205 g/mol. The average Bonchev–Trinajstić information content (AvgIpc) is 2.16. The van der Waals surface area contributed by atoms with Gasteiger partial charge in [-0.25, -0.2) is 0 Å². The Morgan fingerprint density at radius 1 is 1.40 bits per heavy atom. The molecule has 0 saturated heterocycles. The number of benzene rings is 1. The van der Waals surface area contributed by atoms with E-state index in [1.165, 1.54) is 5.69 Å². The minimum atomic E-state index is 0.640. The second-order valence-corrected chi connectivity index (χ2v) is 4.43. The maximum absolute atomic E-state index is 10.7. The van der Waals surface area contributed by atoms with Crippen molar-refractivity contribution in [2.75, 3.05) is 18.5 Å². The molecule has 2 nitrogen and oxygen atoms in total. The van der Waals surface area contributed by atoms with E-state index < -0.39 is 0 Å². The Bertz CT molecular complexity index is 344. The van der Waals surface area contributed by atoms with Gasteiger partial charge in [0.05, 0.1) is 0 Å². The van der Waals surface area contributed by atoms with E-state index in [1.807, 2.05) is 19.1 Å². The van der Waals surface area contributed by atoms with Gasteiger partial charge in [0.15, 0.2) is 0 Å². The summed E-state index contributed by atoms with van der Waals surface area (Å²) in [5, 5.41) is 0. The smallest absolute Gasteiger partial charge is 0.150 e. The Balaban J connectivity index is 2.87. The van der Waals surface area contributed by atoms with Crippen LogP contribution in [0.5, 0.6) is 0 Å². The molecule has 0 fully saturated rings. The number of carbonyl (C=O) groups excluding carboxylic acids is 1. The van der Waals surface area contributed by atoms with Crippen LogP contribution in [0.1, 0.15) is 29.8 Å². The van der Waals surface area contributed by atoms with Crippen LogP contribution in [-0.4, -0.2) is 19.9 Å². The number of rotatable bonds is 4. The molecule has 0 bridgehead atoms. The molecule has 0 radical (unpaired) electrons. The highest BCUT2D eigenvalue weighted by atomic mass is 16.1. The van der Waals surface area contributed by atoms with Gasteiger partial charge in [0.1, 0.15) is 6.29 Å². The summed E-state index contributed by atoms with van der Waals surface area (Å²) >= 11 is 0. The van der Waals surface area contributed by atoms with Crippen molar-refractivity contribution in [2.24, 2.45) is 5.92 Å². The van der Waals surface area contributed by atoms with Crippen molar-refractivity contribution >= 4 is 12.0 Å². The van der Waals surface area contributed by atoms with Gasteiger partial charge >= 0.3 is 0 Å². The zero-order chi connectivity index (χ0) is 11.4. The predicted molar refractivity (Wildman–Crippen MR) is 64.7 cm³/mol. The first-order valence-electron chi connectivity index (χ1n) is 5.31. The molecule has 1 rings (SSSR count). The van der Waals surface area contributed by atoms with Crippen LogP contribution in [0, 0.1) is 12.8 Å². The second kappa shape index (κ2) is 4.96. The van der Waals surface area contributed by atoms with E-state index in [4.69, 9.17) is 0 Å². The Labute approximate surface area is 91.9 Å². The molecular formula is C13H19NO. The van der Waals surface area contributed by atoms with Crippen LogP contribution in [0.4, 0.5) is 5.69 Å². The van der Waals surface area contributed by atoms with Gasteiger partial charge in [-0.3, -0.25) is 4.79 Å². The van der Waals surface area contributed by atoms with Gasteiger partial charge in [-0.1, -0.05) is 13.8 Å². The van der Waals surface area contributed by atoms with Crippen LogP contribution >= 0.6 is 0 Å². The van der Waals surface area contributed by atoms with Crippen molar-refractivity contribution in [1.82, 2.24) is 0 Å². The van der Waals surface area contributed by atoms with E-state index in [2.05, 4.69) is 31.9 Å². The number of nitrogens with zero attached hydrogens (tertiary/aromatic N) is 1. The first-order chi connectivity index (χ1) is 7.04. The standard InChI is InChI=1S/C13H19NO/c1-10(2)8-14(4)13-6-5-12(9-15)11(3)7-13/h5-7,9-10H,8H2,1-4H3. The van der Waals surface area contributed by atoms with Gasteiger partial charge in [0, 0.05) is 24.8 Å². The zero-order valence-corrected chi connectivity index (χ0v) is 9.95. The molecule has 0 spiro atoms. The maximum atomic E-state index is 10.7. The molecule has 1 aromatic rings. The summed E-state index contributed by atoms with van der Waals surface area (Å²) in [4.78, 5) is 12.9. The van der Waals surface area contributed by atoms with Crippen LogP contribution in [0.3, 0.4) is 0 Å². The summed E-state index contributed by atoms with van der Waals surface area (Å²) < 4.78 is 0. The molecule has 2 heteroatoms. The number of carbonyl (C=O) groups is 1. The number of hydrogen-bond acceptors (Lipinski definition) is 2. The number of anilines is 1. The van der Waals surface area contributed by atoms with Crippen molar-refractivity contribution in [2.45, 2.75) is 20.8 Å². The lowest BCUT2D eigenvalue weighted by Gasteiger charge is -2.22. The molecule has 0 N–H and O–H groups in total. The summed E-state index contributed by atoms with van der Waals surface area (Å²) in [5.41, 5.74) is 2.99. The van der Waals surface area contributed by atoms with Gasteiger partial charge in [-0.2, -0.15) is 0 Å². The minimum absolute atomic E-state index is 0.640. The maximum Gasteiger partial charge on any atom is 0.150 e. The largest absolute Gasteiger partial charge is 0.374 e. The lowest BCUT2D eigenvalue weighted by Crippen LogP contribution is -2.22. The fraction of sp³-hybridized carbons (Fsp3) is 0.462. The topological polar surface area (TPSA) is 20.3 Å². The van der Waals surface area contributed by atoms with Crippen LogP contribution in [-0.2, 0) is 0 Å². The van der Waals surface area contributed by atoms with Gasteiger partial charge in [-0.05, 0) is 36.6 Å². The lowest BCUT2D eigenvalue weighted by atomic mass is 10.1. The van der Waals surface area contributed by atoms with Crippen molar-refractivity contribution in [3.63, 3.8) is 0 Å². The summed E-state index contributed by atoms with van der Waals surface area (Å²) in [5.74, 6) is 0.640. The molecule has 0 amide bonds. The molecular weight excluding hydrogens is 186 g/mol. The highest BCUT2D eigenvalue weighted by Gasteiger charge is 2.05. The molecule has 0 atom stereocenters. The van der Waals surface area contributed by atoms with E-state index in [9.17, 15) is 4.79 Å². The highest BCUT2D eigenvalue weighted by Crippen LogP contribution is 2.18. The predicted octanol–water partition coefficient (Wildman–Crippen LogP) is 2.90. The molecule has 0 heterocycles. The summed E-state index contributed by atoms with van der Waals surface area (Å²) in [6.07, 6.45) is 0.904. The van der Waals surface area contributed by atoms with Crippen molar-refractivity contribution in [1.29, 1.82) is 0 Å². The molecule has 1 aromatic carbocycles. The first-order valence-corrected chi connectivity index (χ1v) is 5.31. The van der Waals surface area contributed by atoms with Crippen LogP contribution < -0.4 is 4.90 Å². The van der Waals surface area contributed by atoms with Crippen molar-refractivity contribution < 1.29 is 4.79 Å². The third kappa shape index (κ3) is 3.08. The van der Waals surface area contributed by atoms with Crippen LogP contribution in [0.15, 0.2) is 18.2 Å². The fourth-order valence-corrected chi connectivity index (χ4v) is 1.68. The van der Waals surface area contributed by atoms with E-state index in [0.29, 0.717) is 5.92 Å². The van der Waals surface area contributed by atoms with Crippen molar-refractivity contribution in [3.05, 3.63) is 29.3 Å². The third-order valence-electron chi connectivity index (χ3n) is 2.46. The normalized spacial score (nSPS) is 10.5. The summed E-state index contributed by atoms with van der Waals surface area (Å²) in [6.45, 7) is 7.39. The Morgan fingerprint density at radius 3 is 2.53 bits per heavy atom. The van der Waals surface area contributed by atoms with Crippen LogP contribution in [0.2, 0.25) is 0 Å². The van der Waals surface area contributed by atoms with E-state index >= 15 is 0 Å². The molecule has 0 aliphatic carbocycles. The first kappa shape index (κ1) is 11.8. The summed E-state index contributed by atoms with van der Waals surface area (Å²) in [6, 6.07) is 5.94. The van der Waals surface area contributed by atoms with Gasteiger partial charge < -0.3 is 4.90 Å². The van der Waals surface area contributed by atoms with Gasteiger partial charge in [0.25, 0.3) is 0 Å². The Hall–Kier alpha value is -1.31. The Morgan fingerprint density at radius 2 is 2.07 bits per heavy atom. The zero-order valence-electron chi connectivity index (χ0n) is 9.95. The van der Waals surface area contributed by atoms with E-state index in [-0.39, 0.29) is 0 Å². The molecule has 82 valence electrons. The molecule has 0 unspecified atom stereocenters. The molecule has 0 aliphatic heterocycles. The van der Waals surface area contributed by atoms with Gasteiger partial charge in [0.2, 0.25) is 0 Å².